The molecule has 0 aliphatic rings. The summed E-state index contributed by atoms with van der Waals surface area (Å²) in [6.07, 6.45) is 8.14. The average Bonchev–Trinajstić information content (AvgIpc) is 2.48. The first-order valence-electron chi connectivity index (χ1n) is 8.48. The molecule has 0 aliphatic carbocycles. The molecule has 0 spiro atoms. The lowest BCUT2D eigenvalue weighted by Crippen LogP contribution is -2.13. The zero-order chi connectivity index (χ0) is 16.0. The number of rotatable bonds is 15. The summed E-state index contributed by atoms with van der Waals surface area (Å²) in [5.74, 6) is 0.409. The Morgan fingerprint density at radius 3 is 2.24 bits per heavy atom. The summed E-state index contributed by atoms with van der Waals surface area (Å²) in [4.78, 5) is 0. The molecular weight excluding hydrogens is 287 g/mol. The second kappa shape index (κ2) is 13.8. The molecule has 21 heavy (non-hydrogen) atoms. The zero-order valence-electron chi connectivity index (χ0n) is 14.4. The predicted molar refractivity (Wildman–Crippen MR) is 89.1 cm³/mol. The lowest BCUT2D eigenvalue weighted by Gasteiger charge is -2.22. The highest BCUT2D eigenvalue weighted by molar-refractivity contribution is 7.53. The van der Waals surface area contributed by atoms with Gasteiger partial charge in [-0.2, -0.15) is 0 Å². The molecule has 0 aromatic carbocycles. The summed E-state index contributed by atoms with van der Waals surface area (Å²) in [6, 6.07) is 0. The molecule has 0 amide bonds. The van der Waals surface area contributed by atoms with Crippen molar-refractivity contribution in [2.24, 2.45) is 5.92 Å². The highest BCUT2D eigenvalue weighted by Gasteiger charge is 2.24. The first kappa shape index (κ1) is 21.1. The third kappa shape index (κ3) is 11.3. The molecule has 4 nitrogen and oxygen atoms in total. The Hall–Kier alpha value is 0.110. The van der Waals surface area contributed by atoms with Crippen LogP contribution in [-0.4, -0.2) is 33.1 Å². The largest absolute Gasteiger partial charge is 0.385 e. The molecule has 0 rings (SSSR count). The van der Waals surface area contributed by atoms with Gasteiger partial charge in [0, 0.05) is 13.7 Å². The summed E-state index contributed by atoms with van der Waals surface area (Å²) in [5.41, 5.74) is 0. The minimum absolute atomic E-state index is 0.409. The topological polar surface area (TPSA) is 44.8 Å². The number of methoxy groups -OCH3 is 1. The maximum Gasteiger partial charge on any atom is 0.330 e. The Labute approximate surface area is 131 Å². The summed E-state index contributed by atoms with van der Waals surface area (Å²) < 4.78 is 28.9. The van der Waals surface area contributed by atoms with E-state index in [-0.39, 0.29) is 0 Å². The van der Waals surface area contributed by atoms with E-state index >= 15 is 0 Å². The monoisotopic (exact) mass is 322 g/mol. The minimum atomic E-state index is -2.90. The molecule has 5 heteroatoms. The molecule has 0 bridgehead atoms. The molecular formula is C16H35O4P. The molecule has 0 aromatic rings. The molecule has 128 valence electrons. The van der Waals surface area contributed by atoms with Crippen LogP contribution in [0.5, 0.6) is 0 Å². The standard InChI is InChI=1S/C16H35O4P/c1-5-8-10-11-16(12-13-18-4)15-20-21(17,19-7-3)14-9-6-2/h16H,5-15H2,1-4H3. The van der Waals surface area contributed by atoms with Crippen molar-refractivity contribution in [3.8, 4) is 0 Å². The molecule has 0 saturated heterocycles. The Morgan fingerprint density at radius 2 is 1.67 bits per heavy atom. The van der Waals surface area contributed by atoms with Gasteiger partial charge in [-0.3, -0.25) is 4.57 Å². The van der Waals surface area contributed by atoms with E-state index < -0.39 is 7.60 Å². The third-order valence-electron chi connectivity index (χ3n) is 3.56. The molecule has 0 aromatic heterocycles. The van der Waals surface area contributed by atoms with E-state index in [1.807, 2.05) is 6.92 Å². The average molecular weight is 322 g/mol. The number of hydrogen-bond acceptors (Lipinski definition) is 4. The van der Waals surface area contributed by atoms with Crippen molar-refractivity contribution in [1.29, 1.82) is 0 Å². The van der Waals surface area contributed by atoms with Crippen molar-refractivity contribution >= 4 is 7.60 Å². The molecule has 0 N–H and O–H groups in total. The van der Waals surface area contributed by atoms with Crippen LogP contribution in [0.15, 0.2) is 0 Å². The third-order valence-corrected chi connectivity index (χ3v) is 5.62. The normalized spacial score (nSPS) is 15.8. The van der Waals surface area contributed by atoms with Gasteiger partial charge < -0.3 is 13.8 Å². The van der Waals surface area contributed by atoms with Crippen LogP contribution in [0.1, 0.15) is 65.7 Å². The molecule has 0 saturated carbocycles. The van der Waals surface area contributed by atoms with Gasteiger partial charge in [0.05, 0.1) is 19.4 Å². The predicted octanol–water partition coefficient (Wildman–Crippen LogP) is 5.27. The highest BCUT2D eigenvalue weighted by Crippen LogP contribution is 2.49. The molecule has 0 aliphatic heterocycles. The van der Waals surface area contributed by atoms with Gasteiger partial charge >= 0.3 is 7.60 Å². The molecule has 2 atom stereocenters. The highest BCUT2D eigenvalue weighted by atomic mass is 31.2. The second-order valence-corrected chi connectivity index (χ2v) is 7.73. The van der Waals surface area contributed by atoms with Crippen LogP contribution in [0.2, 0.25) is 0 Å². The maximum atomic E-state index is 12.6. The van der Waals surface area contributed by atoms with Crippen LogP contribution >= 0.6 is 7.60 Å². The maximum absolute atomic E-state index is 12.6. The summed E-state index contributed by atoms with van der Waals surface area (Å²) in [7, 11) is -1.18. The van der Waals surface area contributed by atoms with E-state index in [2.05, 4.69) is 13.8 Å². The Morgan fingerprint density at radius 1 is 0.952 bits per heavy atom. The zero-order valence-corrected chi connectivity index (χ0v) is 15.3. The van der Waals surface area contributed by atoms with Gasteiger partial charge in [0.2, 0.25) is 0 Å². The van der Waals surface area contributed by atoms with E-state index in [9.17, 15) is 4.57 Å². The van der Waals surface area contributed by atoms with Crippen molar-refractivity contribution < 1.29 is 18.3 Å². The molecule has 0 fully saturated rings. The van der Waals surface area contributed by atoms with Crippen LogP contribution in [0.4, 0.5) is 0 Å². The SMILES string of the molecule is CCCCCC(CCOC)COP(=O)(CCCC)OCC. The van der Waals surface area contributed by atoms with E-state index in [4.69, 9.17) is 13.8 Å². The number of hydrogen-bond donors (Lipinski definition) is 0. The van der Waals surface area contributed by atoms with E-state index in [1.165, 1.54) is 19.3 Å². The van der Waals surface area contributed by atoms with Crippen LogP contribution in [0, 0.1) is 5.92 Å². The first-order chi connectivity index (χ1) is 10.1. The van der Waals surface area contributed by atoms with Gasteiger partial charge in [-0.15, -0.1) is 0 Å². The van der Waals surface area contributed by atoms with Crippen molar-refractivity contribution in [3.63, 3.8) is 0 Å². The quantitative estimate of drug-likeness (QED) is 0.304. The van der Waals surface area contributed by atoms with Gasteiger partial charge in [-0.25, -0.2) is 0 Å². The fourth-order valence-corrected chi connectivity index (χ4v) is 4.08. The Kier molecular flexibility index (Phi) is 13.8. The van der Waals surface area contributed by atoms with Crippen LogP contribution in [0.3, 0.4) is 0 Å². The van der Waals surface area contributed by atoms with Crippen molar-refractivity contribution in [3.05, 3.63) is 0 Å². The summed E-state index contributed by atoms with van der Waals surface area (Å²) >= 11 is 0. The number of unbranched alkanes of at least 4 members (excludes halogenated alkanes) is 3. The van der Waals surface area contributed by atoms with Crippen molar-refractivity contribution in [1.82, 2.24) is 0 Å². The van der Waals surface area contributed by atoms with Crippen molar-refractivity contribution in [2.75, 3.05) is 33.1 Å². The van der Waals surface area contributed by atoms with Crippen LogP contribution in [-0.2, 0) is 18.3 Å². The molecule has 0 radical (unpaired) electrons. The smallest absolute Gasteiger partial charge is 0.330 e. The van der Waals surface area contributed by atoms with Gasteiger partial charge in [0.15, 0.2) is 0 Å². The van der Waals surface area contributed by atoms with Crippen LogP contribution in [0.25, 0.3) is 0 Å². The van der Waals surface area contributed by atoms with E-state index in [1.54, 1.807) is 7.11 Å². The van der Waals surface area contributed by atoms with Gasteiger partial charge in [-0.1, -0.05) is 39.5 Å². The minimum Gasteiger partial charge on any atom is -0.385 e. The first-order valence-corrected chi connectivity index (χ1v) is 10.2. The number of ether oxygens (including phenoxy) is 1. The lowest BCUT2D eigenvalue weighted by molar-refractivity contribution is 0.136. The molecule has 0 heterocycles. The van der Waals surface area contributed by atoms with E-state index in [0.717, 1.165) is 32.3 Å². The van der Waals surface area contributed by atoms with Crippen molar-refractivity contribution in [2.45, 2.75) is 65.7 Å². The fourth-order valence-electron chi connectivity index (χ4n) is 2.21. The Bertz CT molecular complexity index is 271. The summed E-state index contributed by atoms with van der Waals surface area (Å²) in [6.45, 7) is 7.85. The van der Waals surface area contributed by atoms with Gasteiger partial charge in [0.25, 0.3) is 0 Å². The molecule has 2 unspecified atom stereocenters. The van der Waals surface area contributed by atoms with E-state index in [0.29, 0.717) is 25.3 Å². The lowest BCUT2D eigenvalue weighted by atomic mass is 9.99. The second-order valence-electron chi connectivity index (χ2n) is 5.54. The van der Waals surface area contributed by atoms with Gasteiger partial charge in [0.1, 0.15) is 0 Å². The fraction of sp³-hybridized carbons (Fsp3) is 1.00. The van der Waals surface area contributed by atoms with Crippen LogP contribution < -0.4 is 0 Å². The Balaban J connectivity index is 4.32. The summed E-state index contributed by atoms with van der Waals surface area (Å²) in [5, 5.41) is 0. The van der Waals surface area contributed by atoms with Gasteiger partial charge in [-0.05, 0) is 32.1 Å².